The van der Waals surface area contributed by atoms with Crippen LogP contribution in [0.4, 0.5) is 0 Å². The van der Waals surface area contributed by atoms with Crippen LogP contribution in [0.25, 0.3) is 6.08 Å². The van der Waals surface area contributed by atoms with Crippen LogP contribution in [0.1, 0.15) is 25.0 Å². The average molecular weight is 388 g/mol. The first kappa shape index (κ1) is 20.7. The molecule has 0 aliphatic carbocycles. The van der Waals surface area contributed by atoms with Crippen molar-refractivity contribution in [2.24, 2.45) is 5.92 Å². The molecule has 27 heavy (non-hydrogen) atoms. The van der Waals surface area contributed by atoms with Crippen LogP contribution >= 0.6 is 0 Å². The molecule has 0 aromatic heterocycles. The number of nitrogens with zero attached hydrogens (tertiary/aromatic N) is 1. The lowest BCUT2D eigenvalue weighted by atomic mass is 10.1. The van der Waals surface area contributed by atoms with Crippen molar-refractivity contribution < 1.29 is 17.4 Å². The maximum Gasteiger partial charge on any atom is 0.306 e. The molecule has 2 aromatic carbocycles. The van der Waals surface area contributed by atoms with Gasteiger partial charge in [-0.3, -0.25) is 4.79 Å². The molecule has 0 unspecified atom stereocenters. The van der Waals surface area contributed by atoms with Gasteiger partial charge in [0.25, 0.3) is 0 Å². The quantitative estimate of drug-likeness (QED) is 0.511. The number of carbonyl (C=O) groups is 1. The van der Waals surface area contributed by atoms with Crippen molar-refractivity contribution in [1.82, 2.24) is 4.90 Å². The van der Waals surface area contributed by atoms with Crippen molar-refractivity contribution in [2.45, 2.75) is 20.4 Å². The third-order valence-electron chi connectivity index (χ3n) is 3.66. The Morgan fingerprint density at radius 2 is 1.70 bits per heavy atom. The first-order chi connectivity index (χ1) is 12.7. The van der Waals surface area contributed by atoms with Gasteiger partial charge in [-0.05, 0) is 35.3 Å². The zero-order chi connectivity index (χ0) is 19.9. The number of carbonyl (C=O) groups excluding carboxylic acids is 1. The Morgan fingerprint density at radius 3 is 2.26 bits per heavy atom. The van der Waals surface area contributed by atoms with Gasteiger partial charge in [0.15, 0.2) is 0 Å². The van der Waals surface area contributed by atoms with Gasteiger partial charge in [0, 0.05) is 19.2 Å². The van der Waals surface area contributed by atoms with Crippen LogP contribution < -0.4 is 4.18 Å². The average Bonchev–Trinajstić information content (AvgIpc) is 2.60. The monoisotopic (exact) mass is 387 g/mol. The zero-order valence-corrected chi connectivity index (χ0v) is 16.6. The predicted molar refractivity (Wildman–Crippen MR) is 108 cm³/mol. The van der Waals surface area contributed by atoms with E-state index < -0.39 is 10.1 Å². The summed E-state index contributed by atoms with van der Waals surface area (Å²) in [5.74, 6) is 0.517. The summed E-state index contributed by atoms with van der Waals surface area (Å²) in [4.78, 5) is 14.4. The number of amides is 1. The lowest BCUT2D eigenvalue weighted by molar-refractivity contribution is -0.127. The van der Waals surface area contributed by atoms with Gasteiger partial charge in [-0.2, -0.15) is 8.42 Å². The molecule has 0 aliphatic rings. The van der Waals surface area contributed by atoms with E-state index in [4.69, 9.17) is 4.18 Å². The molecule has 0 atom stereocenters. The summed E-state index contributed by atoms with van der Waals surface area (Å²) in [5.41, 5.74) is 1.87. The van der Waals surface area contributed by atoms with E-state index >= 15 is 0 Å². The van der Waals surface area contributed by atoms with E-state index in [1.165, 1.54) is 0 Å². The molecule has 6 heteroatoms. The van der Waals surface area contributed by atoms with Crippen molar-refractivity contribution in [3.05, 3.63) is 71.8 Å². The molecule has 2 rings (SSSR count). The van der Waals surface area contributed by atoms with Gasteiger partial charge in [-0.15, -0.1) is 0 Å². The van der Waals surface area contributed by atoms with E-state index in [1.807, 2.05) is 30.3 Å². The first-order valence-corrected chi connectivity index (χ1v) is 10.5. The van der Waals surface area contributed by atoms with Gasteiger partial charge >= 0.3 is 10.1 Å². The highest BCUT2D eigenvalue weighted by Crippen LogP contribution is 2.16. The Kier molecular flexibility index (Phi) is 7.19. The Hall–Kier alpha value is -2.60. The van der Waals surface area contributed by atoms with Crippen LogP contribution in [0.3, 0.4) is 0 Å². The summed E-state index contributed by atoms with van der Waals surface area (Å²) < 4.78 is 27.2. The Labute approximate surface area is 161 Å². The SMILES string of the molecule is CC(C)CN(Cc1ccc(OS(C)(=O)=O)cc1)C(=O)/C=C/c1ccccc1. The smallest absolute Gasteiger partial charge is 0.306 e. The van der Waals surface area contributed by atoms with E-state index in [0.29, 0.717) is 19.0 Å². The minimum absolute atomic E-state index is 0.0657. The fraction of sp³-hybridized carbons (Fsp3) is 0.286. The topological polar surface area (TPSA) is 63.7 Å². The highest BCUT2D eigenvalue weighted by Gasteiger charge is 2.13. The normalized spacial score (nSPS) is 11.7. The van der Waals surface area contributed by atoms with Crippen molar-refractivity contribution >= 4 is 22.1 Å². The summed E-state index contributed by atoms with van der Waals surface area (Å²) in [5, 5.41) is 0. The van der Waals surface area contributed by atoms with Crippen LogP contribution in [-0.4, -0.2) is 32.0 Å². The second kappa shape index (κ2) is 9.37. The molecular weight excluding hydrogens is 362 g/mol. The Balaban J connectivity index is 2.09. The van der Waals surface area contributed by atoms with Crippen LogP contribution in [0, 0.1) is 5.92 Å². The van der Waals surface area contributed by atoms with Crippen LogP contribution in [-0.2, 0) is 21.5 Å². The van der Waals surface area contributed by atoms with E-state index in [9.17, 15) is 13.2 Å². The van der Waals surface area contributed by atoms with Gasteiger partial charge < -0.3 is 9.08 Å². The van der Waals surface area contributed by atoms with Crippen LogP contribution in [0.15, 0.2) is 60.7 Å². The summed E-state index contributed by atoms with van der Waals surface area (Å²) in [7, 11) is -3.55. The number of benzene rings is 2. The zero-order valence-electron chi connectivity index (χ0n) is 15.8. The van der Waals surface area contributed by atoms with E-state index in [-0.39, 0.29) is 11.7 Å². The van der Waals surface area contributed by atoms with E-state index in [2.05, 4.69) is 13.8 Å². The molecule has 0 bridgehead atoms. The Morgan fingerprint density at radius 1 is 1.07 bits per heavy atom. The summed E-state index contributed by atoms with van der Waals surface area (Å²) in [6.07, 6.45) is 4.39. The predicted octanol–water partition coefficient (Wildman–Crippen LogP) is 3.72. The number of rotatable bonds is 8. The number of hydrogen-bond donors (Lipinski definition) is 0. The highest BCUT2D eigenvalue weighted by molar-refractivity contribution is 7.86. The standard InChI is InChI=1S/C21H25NO4S/c1-17(2)15-22(21(23)14-11-18-7-5-4-6-8-18)16-19-9-12-20(13-10-19)26-27(3,24)25/h4-14,17H,15-16H2,1-3H3/b14-11+. The summed E-state index contributed by atoms with van der Waals surface area (Å²) in [6, 6.07) is 16.4. The third-order valence-corrected chi connectivity index (χ3v) is 4.15. The van der Waals surface area contributed by atoms with Crippen molar-refractivity contribution in [2.75, 3.05) is 12.8 Å². The molecule has 0 aliphatic heterocycles. The lowest BCUT2D eigenvalue weighted by Crippen LogP contribution is -2.32. The molecule has 0 N–H and O–H groups in total. The molecule has 0 fully saturated rings. The highest BCUT2D eigenvalue weighted by atomic mass is 32.2. The molecule has 2 aromatic rings. The van der Waals surface area contributed by atoms with E-state index in [0.717, 1.165) is 17.4 Å². The van der Waals surface area contributed by atoms with Crippen LogP contribution in [0.2, 0.25) is 0 Å². The molecule has 0 saturated carbocycles. The summed E-state index contributed by atoms with van der Waals surface area (Å²) in [6.45, 7) is 5.18. The minimum Gasteiger partial charge on any atom is -0.383 e. The fourth-order valence-electron chi connectivity index (χ4n) is 2.56. The van der Waals surface area contributed by atoms with E-state index in [1.54, 1.807) is 41.3 Å². The molecule has 0 saturated heterocycles. The minimum atomic E-state index is -3.55. The second-order valence-electron chi connectivity index (χ2n) is 6.79. The largest absolute Gasteiger partial charge is 0.383 e. The van der Waals surface area contributed by atoms with Crippen LogP contribution in [0.5, 0.6) is 5.75 Å². The third kappa shape index (κ3) is 7.66. The van der Waals surface area contributed by atoms with Gasteiger partial charge in [0.1, 0.15) is 5.75 Å². The van der Waals surface area contributed by atoms with Crippen molar-refractivity contribution in [1.29, 1.82) is 0 Å². The second-order valence-corrected chi connectivity index (χ2v) is 8.36. The van der Waals surface area contributed by atoms with Gasteiger partial charge in [0.05, 0.1) is 6.26 Å². The van der Waals surface area contributed by atoms with Gasteiger partial charge in [0.2, 0.25) is 5.91 Å². The van der Waals surface area contributed by atoms with Gasteiger partial charge in [-0.1, -0.05) is 56.3 Å². The maximum atomic E-state index is 12.6. The molecule has 0 heterocycles. The maximum absolute atomic E-state index is 12.6. The van der Waals surface area contributed by atoms with Gasteiger partial charge in [-0.25, -0.2) is 0 Å². The summed E-state index contributed by atoms with van der Waals surface area (Å²) >= 11 is 0. The lowest BCUT2D eigenvalue weighted by Gasteiger charge is -2.23. The molecule has 0 spiro atoms. The first-order valence-electron chi connectivity index (χ1n) is 8.73. The van der Waals surface area contributed by atoms with Crippen molar-refractivity contribution in [3.63, 3.8) is 0 Å². The molecule has 1 amide bonds. The fourth-order valence-corrected chi connectivity index (χ4v) is 3.02. The molecule has 0 radical (unpaired) electrons. The van der Waals surface area contributed by atoms with Crippen molar-refractivity contribution in [3.8, 4) is 5.75 Å². The molecule has 5 nitrogen and oxygen atoms in total. The Bertz CT molecular complexity index is 872. The molecule has 144 valence electrons. The molecular formula is C21H25NO4S. The number of hydrogen-bond acceptors (Lipinski definition) is 4.